The number of benzene rings is 4. The lowest BCUT2D eigenvalue weighted by Gasteiger charge is -2.27. The van der Waals surface area contributed by atoms with Gasteiger partial charge >= 0.3 is 11.9 Å². The number of carboxylic acid groups (broad SMARTS) is 2. The Morgan fingerprint density at radius 1 is 0.581 bits per heavy atom. The molecule has 1 aliphatic rings. The predicted octanol–water partition coefficient (Wildman–Crippen LogP) is 6.86. The van der Waals surface area contributed by atoms with Gasteiger partial charge in [-0.3, -0.25) is 9.59 Å². The van der Waals surface area contributed by atoms with Crippen LogP contribution in [-0.2, 0) is 22.4 Å². The first kappa shape index (κ1) is 54.0. The van der Waals surface area contributed by atoms with Crippen molar-refractivity contribution in [2.75, 3.05) is 20.0 Å². The lowest BCUT2D eigenvalue weighted by Crippen LogP contribution is -2.59. The van der Waals surface area contributed by atoms with E-state index < -0.39 is 59.1 Å². The fraction of sp³-hybridized carbons (Fsp3) is 0.212. The highest BCUT2D eigenvalue weighted by Crippen LogP contribution is 2.38. The third-order valence-corrected chi connectivity index (χ3v) is 13.4. The first-order chi connectivity index (χ1) is 28.9. The molecule has 29 heteroatoms. The molecule has 5 rings (SSSR count). The third-order valence-electron chi connectivity index (χ3n) is 7.68. The largest absolute Gasteiger partial charge is 0.507 e. The quantitative estimate of drug-likeness (QED) is 0.0452. The van der Waals surface area contributed by atoms with E-state index in [0.29, 0.717) is 48.7 Å². The fourth-order valence-corrected chi connectivity index (χ4v) is 11.2. The molecule has 0 aromatic heterocycles. The van der Waals surface area contributed by atoms with Crippen LogP contribution in [0.25, 0.3) is 0 Å². The summed E-state index contributed by atoms with van der Waals surface area (Å²) in [7, 11) is 0. The summed E-state index contributed by atoms with van der Waals surface area (Å²) < 4.78 is 17.5. The number of phenols is 2. The molecule has 1 fully saturated rings. The number of nitro groups is 3. The summed E-state index contributed by atoms with van der Waals surface area (Å²) >= 11 is 14.7. The molecule has 0 bridgehead atoms. The highest BCUT2D eigenvalue weighted by atomic mass is 127. The van der Waals surface area contributed by atoms with Gasteiger partial charge in [-0.25, -0.2) is 30.3 Å². The van der Waals surface area contributed by atoms with Crippen LogP contribution >= 0.6 is 158 Å². The zero-order valence-corrected chi connectivity index (χ0v) is 45.8. The van der Waals surface area contributed by atoms with Gasteiger partial charge in [0.1, 0.15) is 35.1 Å². The van der Waals surface area contributed by atoms with Crippen molar-refractivity contribution in [2.24, 2.45) is 11.5 Å². The summed E-state index contributed by atoms with van der Waals surface area (Å²) in [6.45, 7) is -1.78. The van der Waals surface area contributed by atoms with Crippen molar-refractivity contribution in [3.8, 4) is 34.5 Å². The molecule has 1 heterocycles. The molecule has 22 nitrogen and oxygen atoms in total. The maximum absolute atomic E-state index is 10.9. The Labute approximate surface area is 445 Å². The van der Waals surface area contributed by atoms with E-state index in [1.54, 1.807) is 30.3 Å². The number of carbonyl (C=O) groups is 2. The predicted molar refractivity (Wildman–Crippen MR) is 278 cm³/mol. The molecule has 0 radical (unpaired) electrons. The number of rotatable bonds is 13. The van der Waals surface area contributed by atoms with Gasteiger partial charge in [-0.2, -0.15) is 0 Å². The first-order valence-electron chi connectivity index (χ1n) is 16.5. The number of hydrogen-bond donors (Lipinski definition) is 6. The molecule has 62 heavy (non-hydrogen) atoms. The van der Waals surface area contributed by atoms with Crippen molar-refractivity contribution in [2.45, 2.75) is 24.9 Å². The molecule has 0 aliphatic carbocycles. The van der Waals surface area contributed by atoms with Crippen molar-refractivity contribution >= 4 is 170 Å². The fourth-order valence-electron chi connectivity index (χ4n) is 4.74. The Bertz CT molecular complexity index is 2230. The number of phenolic OH excluding ortho intramolecular Hbond substituents is 2. The average molecular weight is 1650 g/mol. The summed E-state index contributed by atoms with van der Waals surface area (Å²) in [5.41, 5.74) is 12.9. The normalized spacial score (nSPS) is 13.1. The summed E-state index contributed by atoms with van der Waals surface area (Å²) in [6, 6.07) is 14.2. The summed E-state index contributed by atoms with van der Waals surface area (Å²) in [5, 5.41) is 66.5. The Balaban J connectivity index is 0.000000255. The lowest BCUT2D eigenvalue weighted by atomic mass is 10.1. The Morgan fingerprint density at radius 2 is 0.903 bits per heavy atom. The molecule has 0 saturated carbocycles. The molecule has 0 spiro atoms. The van der Waals surface area contributed by atoms with Crippen LogP contribution < -0.4 is 20.9 Å². The van der Waals surface area contributed by atoms with Crippen molar-refractivity contribution in [3.05, 3.63) is 121 Å². The van der Waals surface area contributed by atoms with Gasteiger partial charge in [-0.15, -0.1) is 0 Å². The molecule has 1 saturated heterocycles. The van der Waals surface area contributed by atoms with Crippen LogP contribution in [0.5, 0.6) is 34.5 Å². The molecule has 8 N–H and O–H groups in total. The van der Waals surface area contributed by atoms with E-state index >= 15 is 0 Å². The molecular weight excluding hydrogens is 1620 g/mol. The minimum atomic E-state index is -1.02. The second-order valence-corrected chi connectivity index (χ2v) is 20.4. The van der Waals surface area contributed by atoms with Crippen molar-refractivity contribution in [1.29, 1.82) is 0 Å². The first-order valence-corrected chi connectivity index (χ1v) is 24.1. The van der Waals surface area contributed by atoms with Crippen molar-refractivity contribution < 1.29 is 54.6 Å². The van der Waals surface area contributed by atoms with Gasteiger partial charge in [-0.05, 0) is 237 Å². The maximum Gasteiger partial charge on any atom is 0.320 e. The van der Waals surface area contributed by atoms with Crippen molar-refractivity contribution in [3.63, 3.8) is 0 Å². The van der Waals surface area contributed by atoms with Crippen LogP contribution in [0.15, 0.2) is 54.6 Å². The molecule has 334 valence electrons. The minimum absolute atomic E-state index is 0.209. The van der Waals surface area contributed by atoms with Gasteiger partial charge in [0.2, 0.25) is 20.0 Å². The number of ether oxygens (including phenoxy) is 2. The number of aliphatic carboxylic acids is 2. The van der Waals surface area contributed by atoms with Gasteiger partial charge in [0.15, 0.2) is 26.6 Å². The molecule has 0 unspecified atom stereocenters. The van der Waals surface area contributed by atoms with Crippen LogP contribution in [-0.4, -0.2) is 94.6 Å². The molecule has 1 aliphatic heterocycles. The van der Waals surface area contributed by atoms with Gasteiger partial charge < -0.3 is 41.4 Å². The van der Waals surface area contributed by atoms with E-state index in [9.17, 15) is 50.1 Å². The van der Waals surface area contributed by atoms with Gasteiger partial charge in [0.05, 0.1) is 25.0 Å². The van der Waals surface area contributed by atoms with E-state index in [2.05, 4.69) is 136 Å². The van der Waals surface area contributed by atoms with Crippen LogP contribution in [0.3, 0.4) is 0 Å². The van der Waals surface area contributed by atoms with Gasteiger partial charge in [-0.1, -0.05) is 15.0 Å². The number of hydrogen-bond acceptors (Lipinski definition) is 14. The van der Waals surface area contributed by atoms with Crippen LogP contribution in [0.4, 0.5) is 0 Å². The standard InChI is InChI=1S/C15H11I4NO4.C15H12I3NO4.C3H6N6O6/c16-8-4-7(5-9(17)13(8)21)24-14-10(18)1-6(2-11(14)19)3-12(20)15(22)23;16-9-6-8(1-2-13(9)20)23-14-10(17)3-7(4-11(14)18)5-12(19)15(21)22;10-7(11)4-1-5(8(12)13)3-6(2-4)9(14)15/h1-2,4-5,12,21H,3,20H2,(H,22,23);1-4,6,12,20H,5,19H2,(H,21,22);1-3H2/t2*12-;/m00./s1. The second-order valence-electron chi connectivity index (χ2n) is 12.3. The highest BCUT2D eigenvalue weighted by Gasteiger charge is 2.39. The summed E-state index contributed by atoms with van der Waals surface area (Å²) in [5.74, 6) is 1.06. The minimum Gasteiger partial charge on any atom is -0.507 e. The molecule has 4 aromatic carbocycles. The second kappa shape index (κ2) is 24.8. The van der Waals surface area contributed by atoms with E-state index in [4.69, 9.17) is 31.2 Å². The molecular formula is C33H29I7N8O14. The maximum atomic E-state index is 10.9. The van der Waals surface area contributed by atoms with Gasteiger partial charge in [0.25, 0.3) is 0 Å². The monoisotopic (exact) mass is 1650 g/mol. The summed E-state index contributed by atoms with van der Waals surface area (Å²) in [6.07, 6.45) is 0.523. The molecule has 2 atom stereocenters. The zero-order chi connectivity index (χ0) is 46.7. The number of nitrogens with zero attached hydrogens (tertiary/aromatic N) is 6. The molecule has 4 aromatic rings. The summed E-state index contributed by atoms with van der Waals surface area (Å²) in [4.78, 5) is 52.7. The van der Waals surface area contributed by atoms with Crippen molar-refractivity contribution in [1.82, 2.24) is 15.0 Å². The number of nitrogens with two attached hydrogens (primary N) is 2. The van der Waals surface area contributed by atoms with E-state index in [0.717, 1.165) is 25.4 Å². The molecule has 0 amide bonds. The topological polar surface area (TPSA) is 325 Å². The lowest BCUT2D eigenvalue weighted by molar-refractivity contribution is -0.775. The van der Waals surface area contributed by atoms with E-state index in [1.165, 1.54) is 0 Å². The number of carboxylic acids is 2. The highest BCUT2D eigenvalue weighted by molar-refractivity contribution is 14.1. The van der Waals surface area contributed by atoms with Crippen LogP contribution in [0, 0.1) is 55.3 Å². The van der Waals surface area contributed by atoms with Gasteiger partial charge in [0, 0.05) is 0 Å². The third kappa shape index (κ3) is 16.3. The number of aromatic hydroxyl groups is 2. The SMILES string of the molecule is N[C@@H](Cc1cc(I)c(Oc2cc(I)c(O)c(I)c2)c(I)c1)C(=O)O.N[C@@H](Cc1cc(I)c(Oc2ccc(O)c(I)c2)c(I)c1)C(=O)O.O=[N+]([O-])N1CN([N+](=O)[O-])CN([N+](=O)[O-])C1. The van der Waals surface area contributed by atoms with E-state index in [1.807, 2.05) is 46.9 Å². The van der Waals surface area contributed by atoms with E-state index in [-0.39, 0.29) is 24.3 Å². The average Bonchev–Trinajstić information content (AvgIpc) is 3.18. The van der Waals surface area contributed by atoms with Crippen LogP contribution in [0.1, 0.15) is 11.1 Å². The Kier molecular flexibility index (Phi) is 21.6. The number of halogens is 7. The van der Waals surface area contributed by atoms with Crippen LogP contribution in [0.2, 0.25) is 0 Å². The number of hydrazine groups is 3. The zero-order valence-electron chi connectivity index (χ0n) is 30.7. The Hall–Kier alpha value is -2.35. The smallest absolute Gasteiger partial charge is 0.320 e. The Morgan fingerprint density at radius 3 is 1.21 bits per heavy atom.